The highest BCUT2D eigenvalue weighted by Crippen LogP contribution is 2.23. The Morgan fingerprint density at radius 1 is 1.35 bits per heavy atom. The fraction of sp³-hybridized carbons (Fsp3) is 0.353. The number of esters is 1. The number of anilines is 3. The van der Waals surface area contributed by atoms with Gasteiger partial charge in [0.1, 0.15) is 5.82 Å². The van der Waals surface area contributed by atoms with Crippen molar-refractivity contribution in [2.75, 3.05) is 35.9 Å². The number of benzene rings is 1. The molecule has 138 valence electrons. The molecule has 8 nitrogen and oxygen atoms in total. The molecule has 1 N–H and O–H groups in total. The van der Waals surface area contributed by atoms with E-state index in [0.717, 1.165) is 0 Å². The van der Waals surface area contributed by atoms with Crippen LogP contribution in [0.5, 0.6) is 0 Å². The minimum atomic E-state index is -2.97. The number of carbonyl (C=O) groups is 1. The number of hydrogen-bond donors (Lipinski definition) is 1. The first-order valence-corrected chi connectivity index (χ1v) is 9.92. The van der Waals surface area contributed by atoms with E-state index in [-0.39, 0.29) is 17.5 Å². The minimum Gasteiger partial charge on any atom is -0.465 e. The highest BCUT2D eigenvalue weighted by Gasteiger charge is 2.31. The maximum atomic E-state index is 11.7. The van der Waals surface area contributed by atoms with Crippen LogP contribution in [0.3, 0.4) is 0 Å². The fourth-order valence-corrected chi connectivity index (χ4v) is 4.62. The quantitative estimate of drug-likeness (QED) is 0.786. The Morgan fingerprint density at radius 2 is 2.15 bits per heavy atom. The van der Waals surface area contributed by atoms with Crippen LogP contribution in [0.15, 0.2) is 36.5 Å². The molecule has 26 heavy (non-hydrogen) atoms. The van der Waals surface area contributed by atoms with Gasteiger partial charge in [0.2, 0.25) is 5.95 Å². The van der Waals surface area contributed by atoms with Gasteiger partial charge in [-0.15, -0.1) is 0 Å². The van der Waals surface area contributed by atoms with Gasteiger partial charge < -0.3 is 15.0 Å². The molecule has 2 aromatic rings. The summed E-state index contributed by atoms with van der Waals surface area (Å²) in [6.07, 6.45) is 2.20. The smallest absolute Gasteiger partial charge is 0.337 e. The Bertz CT molecular complexity index is 916. The van der Waals surface area contributed by atoms with Crippen molar-refractivity contribution in [3.05, 3.63) is 42.1 Å². The first kappa shape index (κ1) is 18.1. The number of carbonyl (C=O) groups excluding carboxylic acids is 1. The standard InChI is InChI=1S/C17H20N4O4S/c1-21(14-7-9-26(23,24)11-14)15-6-8-18-17(20-15)19-13-5-3-4-12(10-13)16(22)25-2/h3-6,8,10,14H,7,9,11H2,1-2H3,(H,18,19,20). The van der Waals surface area contributed by atoms with Crippen LogP contribution in [0.25, 0.3) is 0 Å². The van der Waals surface area contributed by atoms with E-state index in [9.17, 15) is 13.2 Å². The van der Waals surface area contributed by atoms with Gasteiger partial charge in [0.25, 0.3) is 0 Å². The third-order valence-corrected chi connectivity index (χ3v) is 6.05. The molecular weight excluding hydrogens is 356 g/mol. The minimum absolute atomic E-state index is 0.0922. The molecule has 3 rings (SSSR count). The summed E-state index contributed by atoms with van der Waals surface area (Å²) in [5, 5.41) is 3.05. The van der Waals surface area contributed by atoms with E-state index in [4.69, 9.17) is 4.74 Å². The van der Waals surface area contributed by atoms with Crippen molar-refractivity contribution in [3.8, 4) is 0 Å². The molecule has 1 atom stereocenters. The molecule has 1 aromatic carbocycles. The number of aromatic nitrogens is 2. The van der Waals surface area contributed by atoms with Gasteiger partial charge in [-0.05, 0) is 30.7 Å². The summed E-state index contributed by atoms with van der Waals surface area (Å²) in [5.74, 6) is 0.909. The zero-order valence-corrected chi connectivity index (χ0v) is 15.4. The molecular formula is C17H20N4O4S. The second-order valence-corrected chi connectivity index (χ2v) is 8.33. The summed E-state index contributed by atoms with van der Waals surface area (Å²) < 4.78 is 28.1. The topological polar surface area (TPSA) is 101 Å². The molecule has 0 saturated carbocycles. The molecule has 1 saturated heterocycles. The summed E-state index contributed by atoms with van der Waals surface area (Å²) in [6, 6.07) is 8.47. The Hall–Kier alpha value is -2.68. The van der Waals surface area contributed by atoms with Crippen molar-refractivity contribution < 1.29 is 17.9 Å². The third-order valence-electron chi connectivity index (χ3n) is 4.30. The van der Waals surface area contributed by atoms with Crippen LogP contribution in [0.4, 0.5) is 17.5 Å². The van der Waals surface area contributed by atoms with E-state index in [1.807, 2.05) is 11.9 Å². The molecule has 0 aliphatic carbocycles. The van der Waals surface area contributed by atoms with Crippen molar-refractivity contribution >= 4 is 33.3 Å². The lowest BCUT2D eigenvalue weighted by Gasteiger charge is -2.24. The van der Waals surface area contributed by atoms with Crippen LogP contribution in [0.1, 0.15) is 16.8 Å². The Morgan fingerprint density at radius 3 is 2.85 bits per heavy atom. The number of nitrogens with one attached hydrogen (secondary N) is 1. The van der Waals surface area contributed by atoms with Crippen LogP contribution in [0.2, 0.25) is 0 Å². The fourth-order valence-electron chi connectivity index (χ4n) is 2.84. The normalized spacial score (nSPS) is 18.3. The lowest BCUT2D eigenvalue weighted by atomic mass is 10.2. The number of methoxy groups -OCH3 is 1. The zero-order chi connectivity index (χ0) is 18.7. The molecule has 0 amide bonds. The summed E-state index contributed by atoms with van der Waals surface area (Å²) in [5.41, 5.74) is 1.07. The maximum absolute atomic E-state index is 11.7. The third kappa shape index (κ3) is 4.10. The first-order valence-electron chi connectivity index (χ1n) is 8.10. The van der Waals surface area contributed by atoms with Crippen LogP contribution >= 0.6 is 0 Å². The summed E-state index contributed by atoms with van der Waals surface area (Å²) >= 11 is 0. The largest absolute Gasteiger partial charge is 0.465 e. The lowest BCUT2D eigenvalue weighted by Crippen LogP contribution is -2.33. The molecule has 0 spiro atoms. The maximum Gasteiger partial charge on any atom is 0.337 e. The highest BCUT2D eigenvalue weighted by molar-refractivity contribution is 7.91. The SMILES string of the molecule is COC(=O)c1cccc(Nc2nccc(N(C)C3CCS(=O)(=O)C3)n2)c1. The lowest BCUT2D eigenvalue weighted by molar-refractivity contribution is 0.0601. The predicted octanol–water partition coefficient (Wildman–Crippen LogP) is 1.63. The van der Waals surface area contributed by atoms with Gasteiger partial charge in [-0.3, -0.25) is 0 Å². The Labute approximate surface area is 152 Å². The predicted molar refractivity (Wildman–Crippen MR) is 98.6 cm³/mol. The van der Waals surface area contributed by atoms with Gasteiger partial charge in [-0.1, -0.05) is 6.07 Å². The Kier molecular flexibility index (Phi) is 5.08. The number of nitrogens with zero attached hydrogens (tertiary/aromatic N) is 3. The van der Waals surface area contributed by atoms with E-state index in [1.54, 1.807) is 36.5 Å². The van der Waals surface area contributed by atoms with Crippen LogP contribution in [0, 0.1) is 0 Å². The van der Waals surface area contributed by atoms with Crippen molar-refractivity contribution in [1.82, 2.24) is 9.97 Å². The molecule has 0 radical (unpaired) electrons. The van der Waals surface area contributed by atoms with Gasteiger partial charge in [0.05, 0.1) is 24.2 Å². The molecule has 1 aromatic heterocycles. The van der Waals surface area contributed by atoms with Crippen molar-refractivity contribution in [1.29, 1.82) is 0 Å². The van der Waals surface area contributed by atoms with E-state index in [0.29, 0.717) is 29.4 Å². The van der Waals surface area contributed by atoms with E-state index in [1.165, 1.54) is 7.11 Å². The van der Waals surface area contributed by atoms with Gasteiger partial charge in [-0.2, -0.15) is 4.98 Å². The molecule has 1 aliphatic rings. The van der Waals surface area contributed by atoms with Crippen molar-refractivity contribution in [3.63, 3.8) is 0 Å². The second kappa shape index (κ2) is 7.28. The molecule has 1 aliphatic heterocycles. The van der Waals surface area contributed by atoms with Gasteiger partial charge in [-0.25, -0.2) is 18.2 Å². The Balaban J connectivity index is 1.77. The van der Waals surface area contributed by atoms with Gasteiger partial charge >= 0.3 is 5.97 Å². The summed E-state index contributed by atoms with van der Waals surface area (Å²) in [7, 11) is 0.189. The van der Waals surface area contributed by atoms with Crippen molar-refractivity contribution in [2.45, 2.75) is 12.5 Å². The van der Waals surface area contributed by atoms with Crippen LogP contribution < -0.4 is 10.2 Å². The van der Waals surface area contributed by atoms with E-state index in [2.05, 4.69) is 15.3 Å². The molecule has 2 heterocycles. The van der Waals surface area contributed by atoms with E-state index >= 15 is 0 Å². The van der Waals surface area contributed by atoms with Gasteiger partial charge in [0, 0.05) is 25.0 Å². The number of ether oxygens (including phenoxy) is 1. The zero-order valence-electron chi connectivity index (χ0n) is 14.5. The second-order valence-electron chi connectivity index (χ2n) is 6.10. The monoisotopic (exact) mass is 376 g/mol. The van der Waals surface area contributed by atoms with Crippen LogP contribution in [-0.4, -0.2) is 56.1 Å². The van der Waals surface area contributed by atoms with Crippen molar-refractivity contribution in [2.24, 2.45) is 0 Å². The van der Waals surface area contributed by atoms with E-state index < -0.39 is 15.8 Å². The van der Waals surface area contributed by atoms with Crippen LogP contribution in [-0.2, 0) is 14.6 Å². The highest BCUT2D eigenvalue weighted by atomic mass is 32.2. The first-order chi connectivity index (χ1) is 12.4. The average molecular weight is 376 g/mol. The molecule has 9 heteroatoms. The average Bonchev–Trinajstić information content (AvgIpc) is 3.00. The number of rotatable bonds is 5. The number of sulfone groups is 1. The van der Waals surface area contributed by atoms with Gasteiger partial charge in [0.15, 0.2) is 9.84 Å². The molecule has 0 bridgehead atoms. The molecule has 1 fully saturated rings. The number of hydrogen-bond acceptors (Lipinski definition) is 8. The molecule has 1 unspecified atom stereocenters. The summed E-state index contributed by atoms with van der Waals surface area (Å²) in [6.45, 7) is 0. The summed E-state index contributed by atoms with van der Waals surface area (Å²) in [4.78, 5) is 22.1.